The fourth-order valence-electron chi connectivity index (χ4n) is 1.19. The van der Waals surface area contributed by atoms with Gasteiger partial charge in [0.15, 0.2) is 6.29 Å². The van der Waals surface area contributed by atoms with Gasteiger partial charge in [0.05, 0.1) is 13.2 Å². The second kappa shape index (κ2) is 1.70. The molecule has 1 saturated carbocycles. The standard InChI is InChI=1S/C7H12O2/c1-7(2-3-7)6-8-4-5-9-6/h6H,2-5H2,1H3. The van der Waals surface area contributed by atoms with E-state index in [0.29, 0.717) is 5.41 Å². The topological polar surface area (TPSA) is 18.5 Å². The minimum atomic E-state index is 0.123. The van der Waals surface area contributed by atoms with Gasteiger partial charge in [-0.15, -0.1) is 0 Å². The van der Waals surface area contributed by atoms with Crippen molar-refractivity contribution in [3.63, 3.8) is 0 Å². The van der Waals surface area contributed by atoms with E-state index >= 15 is 0 Å². The van der Waals surface area contributed by atoms with E-state index in [1.165, 1.54) is 12.8 Å². The predicted molar refractivity (Wildman–Crippen MR) is 33.0 cm³/mol. The van der Waals surface area contributed by atoms with Crippen LogP contribution in [0.5, 0.6) is 0 Å². The Kier molecular flexibility index (Phi) is 1.08. The molecule has 2 fully saturated rings. The van der Waals surface area contributed by atoms with Crippen LogP contribution in [-0.4, -0.2) is 19.5 Å². The maximum atomic E-state index is 5.36. The molecule has 0 spiro atoms. The quantitative estimate of drug-likeness (QED) is 0.527. The smallest absolute Gasteiger partial charge is 0.163 e. The SMILES string of the molecule is CC1(C2OCCO2)CC1. The van der Waals surface area contributed by atoms with Crippen LogP contribution in [0.15, 0.2) is 0 Å². The molecule has 2 heteroatoms. The fraction of sp³-hybridized carbons (Fsp3) is 1.00. The zero-order chi connectivity index (χ0) is 6.32. The molecule has 0 bridgehead atoms. The second-order valence-corrected chi connectivity index (χ2v) is 3.23. The van der Waals surface area contributed by atoms with E-state index in [4.69, 9.17) is 9.47 Å². The van der Waals surface area contributed by atoms with Crippen LogP contribution in [0.4, 0.5) is 0 Å². The molecule has 2 nitrogen and oxygen atoms in total. The van der Waals surface area contributed by atoms with Crippen molar-refractivity contribution in [3.05, 3.63) is 0 Å². The first-order chi connectivity index (χ1) is 4.31. The van der Waals surface area contributed by atoms with Crippen molar-refractivity contribution in [1.29, 1.82) is 0 Å². The molecule has 0 radical (unpaired) electrons. The van der Waals surface area contributed by atoms with E-state index in [1.54, 1.807) is 0 Å². The molecule has 1 aliphatic carbocycles. The van der Waals surface area contributed by atoms with E-state index in [2.05, 4.69) is 6.92 Å². The van der Waals surface area contributed by atoms with E-state index < -0.39 is 0 Å². The Balaban J connectivity index is 1.97. The van der Waals surface area contributed by atoms with Gasteiger partial charge in [0, 0.05) is 5.41 Å². The van der Waals surface area contributed by atoms with Crippen LogP contribution in [-0.2, 0) is 9.47 Å². The van der Waals surface area contributed by atoms with Crippen molar-refractivity contribution in [3.8, 4) is 0 Å². The van der Waals surface area contributed by atoms with Gasteiger partial charge in [0.1, 0.15) is 0 Å². The summed E-state index contributed by atoms with van der Waals surface area (Å²) in [5.41, 5.74) is 0.385. The molecule has 2 rings (SSSR count). The number of hydrogen-bond donors (Lipinski definition) is 0. The molecule has 52 valence electrons. The number of ether oxygens (including phenoxy) is 2. The van der Waals surface area contributed by atoms with Crippen LogP contribution in [0.25, 0.3) is 0 Å². The Morgan fingerprint density at radius 3 is 2.22 bits per heavy atom. The van der Waals surface area contributed by atoms with Gasteiger partial charge in [-0.3, -0.25) is 0 Å². The van der Waals surface area contributed by atoms with E-state index in [-0.39, 0.29) is 6.29 Å². The van der Waals surface area contributed by atoms with Gasteiger partial charge >= 0.3 is 0 Å². The summed E-state index contributed by atoms with van der Waals surface area (Å²) in [6.07, 6.45) is 2.67. The highest BCUT2D eigenvalue weighted by molar-refractivity contribution is 4.92. The van der Waals surface area contributed by atoms with Crippen LogP contribution in [0.1, 0.15) is 19.8 Å². The number of rotatable bonds is 1. The van der Waals surface area contributed by atoms with Gasteiger partial charge < -0.3 is 9.47 Å². The average molecular weight is 128 g/mol. The lowest BCUT2D eigenvalue weighted by atomic mass is 10.1. The van der Waals surface area contributed by atoms with Gasteiger partial charge in [-0.25, -0.2) is 0 Å². The van der Waals surface area contributed by atoms with Crippen molar-refractivity contribution < 1.29 is 9.47 Å². The summed E-state index contributed by atoms with van der Waals surface area (Å²) in [5, 5.41) is 0. The largest absolute Gasteiger partial charge is 0.350 e. The Bertz CT molecular complexity index is 112. The summed E-state index contributed by atoms with van der Waals surface area (Å²) in [5.74, 6) is 0. The first kappa shape index (κ1) is 5.69. The van der Waals surface area contributed by atoms with Crippen LogP contribution >= 0.6 is 0 Å². The summed E-state index contributed by atoms with van der Waals surface area (Å²) in [7, 11) is 0. The zero-order valence-electron chi connectivity index (χ0n) is 5.72. The Labute approximate surface area is 55.1 Å². The fourth-order valence-corrected chi connectivity index (χ4v) is 1.19. The lowest BCUT2D eigenvalue weighted by Gasteiger charge is -2.14. The van der Waals surface area contributed by atoms with Crippen LogP contribution in [0.2, 0.25) is 0 Å². The normalized spacial score (nSPS) is 33.0. The van der Waals surface area contributed by atoms with Crippen molar-refractivity contribution in [2.45, 2.75) is 26.1 Å². The maximum Gasteiger partial charge on any atom is 0.163 e. The molecule has 9 heavy (non-hydrogen) atoms. The highest BCUT2D eigenvalue weighted by Gasteiger charge is 2.48. The van der Waals surface area contributed by atoms with Crippen LogP contribution in [0, 0.1) is 5.41 Å². The molecule has 0 aromatic heterocycles. The molecule has 0 atom stereocenters. The summed E-state index contributed by atoms with van der Waals surface area (Å²) in [6, 6.07) is 0. The van der Waals surface area contributed by atoms with Crippen molar-refractivity contribution in [1.82, 2.24) is 0 Å². The lowest BCUT2D eigenvalue weighted by molar-refractivity contribution is -0.0886. The highest BCUT2D eigenvalue weighted by Crippen LogP contribution is 2.50. The number of hydrogen-bond acceptors (Lipinski definition) is 2. The second-order valence-electron chi connectivity index (χ2n) is 3.23. The van der Waals surface area contributed by atoms with Crippen molar-refractivity contribution in [2.24, 2.45) is 5.41 Å². The first-order valence-electron chi connectivity index (χ1n) is 3.54. The minimum absolute atomic E-state index is 0.123. The van der Waals surface area contributed by atoms with Crippen LogP contribution < -0.4 is 0 Å². The molecule has 1 saturated heterocycles. The maximum absolute atomic E-state index is 5.36. The summed E-state index contributed by atoms with van der Waals surface area (Å²) >= 11 is 0. The molecule has 0 N–H and O–H groups in total. The van der Waals surface area contributed by atoms with Gasteiger partial charge in [-0.1, -0.05) is 6.92 Å². The van der Waals surface area contributed by atoms with Crippen LogP contribution in [0.3, 0.4) is 0 Å². The summed E-state index contributed by atoms with van der Waals surface area (Å²) in [4.78, 5) is 0. The van der Waals surface area contributed by atoms with Crippen molar-refractivity contribution >= 4 is 0 Å². The Morgan fingerprint density at radius 2 is 1.78 bits per heavy atom. The van der Waals surface area contributed by atoms with E-state index in [9.17, 15) is 0 Å². The third-order valence-electron chi connectivity index (χ3n) is 2.23. The van der Waals surface area contributed by atoms with E-state index in [1.807, 2.05) is 0 Å². The Morgan fingerprint density at radius 1 is 1.22 bits per heavy atom. The highest BCUT2D eigenvalue weighted by atomic mass is 16.7. The minimum Gasteiger partial charge on any atom is -0.350 e. The average Bonchev–Trinajstić information content (AvgIpc) is 2.46. The first-order valence-corrected chi connectivity index (χ1v) is 3.54. The molecule has 0 unspecified atom stereocenters. The molecule has 0 aromatic rings. The molecular weight excluding hydrogens is 116 g/mol. The molecule has 1 aliphatic heterocycles. The van der Waals surface area contributed by atoms with Gasteiger partial charge in [-0.2, -0.15) is 0 Å². The molecule has 2 aliphatic rings. The lowest BCUT2D eigenvalue weighted by Crippen LogP contribution is -2.19. The molecule has 1 heterocycles. The molecule has 0 aromatic carbocycles. The third-order valence-corrected chi connectivity index (χ3v) is 2.23. The third kappa shape index (κ3) is 0.864. The Hall–Kier alpha value is -0.0800. The van der Waals surface area contributed by atoms with Gasteiger partial charge in [0.2, 0.25) is 0 Å². The summed E-state index contributed by atoms with van der Waals surface area (Å²) in [6.45, 7) is 3.81. The zero-order valence-corrected chi connectivity index (χ0v) is 5.72. The molecular formula is C7H12O2. The predicted octanol–water partition coefficient (Wildman–Crippen LogP) is 1.16. The molecule has 0 amide bonds. The van der Waals surface area contributed by atoms with Gasteiger partial charge in [0.25, 0.3) is 0 Å². The monoisotopic (exact) mass is 128 g/mol. The summed E-state index contributed by atoms with van der Waals surface area (Å²) < 4.78 is 10.7. The van der Waals surface area contributed by atoms with E-state index in [0.717, 1.165) is 13.2 Å². The van der Waals surface area contributed by atoms with Gasteiger partial charge in [-0.05, 0) is 12.8 Å². The van der Waals surface area contributed by atoms with Crippen molar-refractivity contribution in [2.75, 3.05) is 13.2 Å².